The summed E-state index contributed by atoms with van der Waals surface area (Å²) in [5, 5.41) is 3.65. The fourth-order valence-electron chi connectivity index (χ4n) is 4.13. The van der Waals surface area contributed by atoms with Crippen LogP contribution in [-0.2, 0) is 6.18 Å². The van der Waals surface area contributed by atoms with Gasteiger partial charge in [-0.25, -0.2) is 4.98 Å². The van der Waals surface area contributed by atoms with Gasteiger partial charge in [0, 0.05) is 51.2 Å². The number of alkyl halides is 3. The number of benzene rings is 1. The lowest BCUT2D eigenvalue weighted by atomic mass is 10.2. The van der Waals surface area contributed by atoms with E-state index in [1.54, 1.807) is 12.3 Å². The Kier molecular flexibility index (Phi) is 8.21. The molecule has 8 nitrogen and oxygen atoms in total. The Hall–Kier alpha value is -3.34. The maximum Gasteiger partial charge on any atom is 0.416 e. The fraction of sp³-hybridized carbons (Fsp3) is 0.440. The zero-order valence-corrected chi connectivity index (χ0v) is 21.8. The quantitative estimate of drug-likeness (QED) is 0.398. The molecule has 1 saturated heterocycles. The molecule has 1 atom stereocenters. The molecule has 198 valence electrons. The van der Waals surface area contributed by atoms with E-state index in [0.717, 1.165) is 37.3 Å². The minimum Gasteiger partial charge on any atom is -0.352 e. The zero-order chi connectivity index (χ0) is 26.6. The van der Waals surface area contributed by atoms with Crippen molar-refractivity contribution in [2.24, 2.45) is 0 Å². The second-order valence-electron chi connectivity index (χ2n) is 9.03. The molecule has 3 aromatic rings. The highest BCUT2D eigenvalue weighted by atomic mass is 35.5. The molecule has 0 radical (unpaired) electrons. The van der Waals surface area contributed by atoms with Crippen LogP contribution in [0.5, 0.6) is 0 Å². The van der Waals surface area contributed by atoms with E-state index < -0.39 is 11.7 Å². The molecule has 1 fully saturated rings. The van der Waals surface area contributed by atoms with Gasteiger partial charge < -0.3 is 20.0 Å². The van der Waals surface area contributed by atoms with Crippen LogP contribution in [0.1, 0.15) is 32.3 Å². The predicted octanol–water partition coefficient (Wildman–Crippen LogP) is 5.63. The van der Waals surface area contributed by atoms with Gasteiger partial charge >= 0.3 is 6.18 Å². The summed E-state index contributed by atoms with van der Waals surface area (Å²) in [6.07, 6.45) is -0.680. The van der Waals surface area contributed by atoms with Crippen molar-refractivity contribution in [1.29, 1.82) is 0 Å². The highest BCUT2D eigenvalue weighted by Crippen LogP contribution is 2.31. The Morgan fingerprint density at radius 3 is 2.51 bits per heavy atom. The monoisotopic (exact) mass is 534 g/mol. The molecule has 0 amide bonds. The van der Waals surface area contributed by atoms with E-state index in [-0.39, 0.29) is 12.0 Å². The molecular formula is C25H30ClF3N8. The van der Waals surface area contributed by atoms with Crippen molar-refractivity contribution >= 4 is 41.0 Å². The highest BCUT2D eigenvalue weighted by molar-refractivity contribution is 6.32. The molecular weight excluding hydrogens is 505 g/mol. The number of halogens is 4. The molecule has 4 rings (SSSR count). The standard InChI is InChI=1S/C25H30ClF3N8/c1-4-5-13-35(3)23-32-22(31-19-10-8-18(9-11-19)25(27,28)29)33-24(34-23)37-15-14-36(16-17(37)2)21-20(26)7-6-12-30-21/h6-12,17H,4-5,13-16H2,1-3H3,(H,31,32,33,34)/t17-/m1/s1. The number of unbranched alkanes of at least 4 members (excludes halogenated alkanes) is 1. The first-order valence-corrected chi connectivity index (χ1v) is 12.6. The largest absolute Gasteiger partial charge is 0.416 e. The second-order valence-corrected chi connectivity index (χ2v) is 9.44. The fourth-order valence-corrected chi connectivity index (χ4v) is 4.37. The number of nitrogens with zero attached hydrogens (tertiary/aromatic N) is 7. The van der Waals surface area contributed by atoms with Gasteiger partial charge in [-0.15, -0.1) is 0 Å². The predicted molar refractivity (Wildman–Crippen MR) is 141 cm³/mol. The number of hydrogen-bond donors (Lipinski definition) is 1. The molecule has 0 unspecified atom stereocenters. The third-order valence-corrected chi connectivity index (χ3v) is 6.49. The van der Waals surface area contributed by atoms with Gasteiger partial charge in [0.1, 0.15) is 5.82 Å². The van der Waals surface area contributed by atoms with Crippen LogP contribution in [0, 0.1) is 0 Å². The van der Waals surface area contributed by atoms with Gasteiger partial charge in [-0.2, -0.15) is 28.1 Å². The van der Waals surface area contributed by atoms with Gasteiger partial charge in [0.15, 0.2) is 0 Å². The molecule has 1 aliphatic heterocycles. The lowest BCUT2D eigenvalue weighted by Crippen LogP contribution is -2.53. The minimum absolute atomic E-state index is 0.0435. The molecule has 0 bridgehead atoms. The van der Waals surface area contributed by atoms with Crippen LogP contribution >= 0.6 is 11.6 Å². The van der Waals surface area contributed by atoms with Gasteiger partial charge in [0.05, 0.1) is 10.6 Å². The molecule has 2 aromatic heterocycles. The van der Waals surface area contributed by atoms with Crippen LogP contribution in [0.3, 0.4) is 0 Å². The smallest absolute Gasteiger partial charge is 0.352 e. The van der Waals surface area contributed by atoms with E-state index in [9.17, 15) is 13.2 Å². The van der Waals surface area contributed by atoms with Gasteiger partial charge in [-0.3, -0.25) is 0 Å². The van der Waals surface area contributed by atoms with Crippen molar-refractivity contribution in [3.63, 3.8) is 0 Å². The Morgan fingerprint density at radius 1 is 1.11 bits per heavy atom. The Bertz CT molecular complexity index is 1190. The van der Waals surface area contributed by atoms with E-state index in [4.69, 9.17) is 16.6 Å². The van der Waals surface area contributed by atoms with Crippen molar-refractivity contribution in [3.8, 4) is 0 Å². The summed E-state index contributed by atoms with van der Waals surface area (Å²) in [4.78, 5) is 24.6. The number of aromatic nitrogens is 4. The summed E-state index contributed by atoms with van der Waals surface area (Å²) in [6.45, 7) is 6.94. The van der Waals surface area contributed by atoms with E-state index in [1.165, 1.54) is 12.1 Å². The second kappa shape index (κ2) is 11.4. The van der Waals surface area contributed by atoms with E-state index >= 15 is 0 Å². The van der Waals surface area contributed by atoms with E-state index in [0.29, 0.717) is 42.2 Å². The summed E-state index contributed by atoms with van der Waals surface area (Å²) in [5.74, 6) is 2.01. The third kappa shape index (κ3) is 6.51. The third-order valence-electron chi connectivity index (χ3n) is 6.19. The van der Waals surface area contributed by atoms with Crippen LogP contribution in [0.2, 0.25) is 5.02 Å². The van der Waals surface area contributed by atoms with Crippen LogP contribution in [0.4, 0.5) is 42.5 Å². The Balaban J connectivity index is 1.59. The SMILES string of the molecule is CCCCN(C)c1nc(Nc2ccc(C(F)(F)F)cc2)nc(N2CCN(c3ncccc3Cl)C[C@H]2C)n1. The van der Waals surface area contributed by atoms with Crippen LogP contribution in [-0.4, -0.2) is 59.2 Å². The van der Waals surface area contributed by atoms with Crippen LogP contribution in [0.25, 0.3) is 0 Å². The summed E-state index contributed by atoms with van der Waals surface area (Å²) in [7, 11) is 1.92. The summed E-state index contributed by atoms with van der Waals surface area (Å²) in [5.41, 5.74) is -0.260. The minimum atomic E-state index is -4.40. The summed E-state index contributed by atoms with van der Waals surface area (Å²) < 4.78 is 38.9. The number of rotatable bonds is 8. The van der Waals surface area contributed by atoms with Gasteiger partial charge in [-0.1, -0.05) is 24.9 Å². The average Bonchev–Trinajstić information content (AvgIpc) is 2.87. The van der Waals surface area contributed by atoms with Gasteiger partial charge in [0.25, 0.3) is 0 Å². The lowest BCUT2D eigenvalue weighted by Gasteiger charge is -2.40. The van der Waals surface area contributed by atoms with Crippen molar-refractivity contribution in [1.82, 2.24) is 19.9 Å². The van der Waals surface area contributed by atoms with Crippen LogP contribution in [0.15, 0.2) is 42.6 Å². The molecule has 12 heteroatoms. The normalized spacial score (nSPS) is 16.1. The summed E-state index contributed by atoms with van der Waals surface area (Å²) >= 11 is 6.36. The highest BCUT2D eigenvalue weighted by Gasteiger charge is 2.30. The number of piperazine rings is 1. The van der Waals surface area contributed by atoms with Gasteiger partial charge in [-0.05, 0) is 49.7 Å². The maximum atomic E-state index is 13.0. The number of nitrogens with one attached hydrogen (secondary N) is 1. The number of hydrogen-bond acceptors (Lipinski definition) is 8. The molecule has 0 spiro atoms. The topological polar surface area (TPSA) is 73.3 Å². The molecule has 0 saturated carbocycles. The number of anilines is 5. The first kappa shape index (κ1) is 26.7. The first-order valence-electron chi connectivity index (χ1n) is 12.2. The average molecular weight is 535 g/mol. The van der Waals surface area contributed by atoms with Crippen LogP contribution < -0.4 is 20.0 Å². The first-order chi connectivity index (χ1) is 17.7. The van der Waals surface area contributed by atoms with Gasteiger partial charge in [0.2, 0.25) is 17.8 Å². The molecule has 37 heavy (non-hydrogen) atoms. The lowest BCUT2D eigenvalue weighted by molar-refractivity contribution is -0.137. The molecule has 3 heterocycles. The van der Waals surface area contributed by atoms with Crippen molar-refractivity contribution in [2.75, 3.05) is 53.2 Å². The number of pyridine rings is 1. The van der Waals surface area contributed by atoms with Crippen molar-refractivity contribution in [3.05, 3.63) is 53.2 Å². The Morgan fingerprint density at radius 2 is 1.86 bits per heavy atom. The molecule has 0 aliphatic carbocycles. The van der Waals surface area contributed by atoms with Crippen molar-refractivity contribution < 1.29 is 13.2 Å². The van der Waals surface area contributed by atoms with Crippen molar-refractivity contribution in [2.45, 2.75) is 38.9 Å². The molecule has 1 aromatic carbocycles. The maximum absolute atomic E-state index is 13.0. The zero-order valence-electron chi connectivity index (χ0n) is 21.0. The molecule has 1 N–H and O–H groups in total. The summed E-state index contributed by atoms with van der Waals surface area (Å²) in [6, 6.07) is 8.46. The Labute approximate surface area is 219 Å². The van der Waals surface area contributed by atoms with E-state index in [1.807, 2.05) is 18.0 Å². The van der Waals surface area contributed by atoms with E-state index in [2.05, 4.69) is 43.9 Å². The molecule has 1 aliphatic rings.